The molecule has 4 nitrogen and oxygen atoms in total. The van der Waals surface area contributed by atoms with Crippen molar-refractivity contribution in [3.05, 3.63) is 23.7 Å². The summed E-state index contributed by atoms with van der Waals surface area (Å²) < 4.78 is 8.02. The van der Waals surface area contributed by atoms with Gasteiger partial charge >= 0.3 is 0 Å². The normalized spacial score (nSPS) is 24.4. The first kappa shape index (κ1) is 13.8. The first-order valence-electron chi connectivity index (χ1n) is 7.09. The maximum atomic E-state index is 6.30. The molecule has 1 aliphatic heterocycles. The third-order valence-corrected chi connectivity index (χ3v) is 4.10. The molecule has 0 N–H and O–H groups in total. The number of rotatable bonds is 3. The summed E-state index contributed by atoms with van der Waals surface area (Å²) in [6.45, 7) is 7.72. The largest absolute Gasteiger partial charge is 0.373 e. The number of fused-ring (bicyclic) bond motifs is 1. The Bertz CT molecular complexity index is 629. The zero-order valence-electron chi connectivity index (χ0n) is 12.2. The van der Waals surface area contributed by atoms with Crippen molar-refractivity contribution in [3.63, 3.8) is 0 Å². The zero-order valence-corrected chi connectivity index (χ0v) is 12.9. The van der Waals surface area contributed by atoms with Gasteiger partial charge in [0.05, 0.1) is 17.5 Å². The van der Waals surface area contributed by atoms with E-state index >= 15 is 0 Å². The van der Waals surface area contributed by atoms with Gasteiger partial charge in [0, 0.05) is 12.8 Å². The molecule has 108 valence electrons. The molecule has 2 atom stereocenters. The molecule has 1 saturated heterocycles. The van der Waals surface area contributed by atoms with Gasteiger partial charge < -0.3 is 9.30 Å². The number of nitrogens with zero attached hydrogens (tertiary/aromatic N) is 3. The molecule has 0 aliphatic carbocycles. The van der Waals surface area contributed by atoms with Crippen LogP contribution in [0.3, 0.4) is 0 Å². The van der Waals surface area contributed by atoms with Gasteiger partial charge in [-0.25, -0.2) is 9.97 Å². The molecule has 20 heavy (non-hydrogen) atoms. The molecular formula is C15H20ClN3O. The Morgan fingerprint density at radius 2 is 2.35 bits per heavy atom. The SMILES string of the molecule is Cc1cnc2c(c1)nc(C(C)Cl)n2CC1(C)CCCO1. The first-order chi connectivity index (χ1) is 9.48. The summed E-state index contributed by atoms with van der Waals surface area (Å²) >= 11 is 6.30. The number of aryl methyl sites for hydroxylation is 1. The van der Waals surface area contributed by atoms with E-state index in [1.54, 1.807) is 0 Å². The fraction of sp³-hybridized carbons (Fsp3) is 0.600. The number of pyridine rings is 1. The molecule has 0 radical (unpaired) electrons. The molecule has 0 spiro atoms. The van der Waals surface area contributed by atoms with Crippen LogP contribution in [0.4, 0.5) is 0 Å². The molecule has 0 saturated carbocycles. The van der Waals surface area contributed by atoms with Crippen LogP contribution in [0.5, 0.6) is 0 Å². The van der Waals surface area contributed by atoms with Crippen LogP contribution in [0.15, 0.2) is 12.3 Å². The standard InChI is InChI=1S/C15H20ClN3O/c1-10-7-12-14(17-8-10)19(13(18-12)11(2)16)9-15(3)5-4-6-20-15/h7-8,11H,4-6,9H2,1-3H3. The summed E-state index contributed by atoms with van der Waals surface area (Å²) in [7, 11) is 0. The monoisotopic (exact) mass is 293 g/mol. The van der Waals surface area contributed by atoms with Gasteiger partial charge in [0.25, 0.3) is 0 Å². The van der Waals surface area contributed by atoms with Crippen molar-refractivity contribution in [2.75, 3.05) is 6.61 Å². The summed E-state index contributed by atoms with van der Waals surface area (Å²) in [4.78, 5) is 9.20. The van der Waals surface area contributed by atoms with Crippen LogP contribution in [0, 0.1) is 6.92 Å². The highest BCUT2D eigenvalue weighted by Gasteiger charge is 2.32. The van der Waals surface area contributed by atoms with E-state index < -0.39 is 0 Å². The van der Waals surface area contributed by atoms with E-state index in [0.29, 0.717) is 0 Å². The van der Waals surface area contributed by atoms with Crippen molar-refractivity contribution < 1.29 is 4.74 Å². The number of hydrogen-bond donors (Lipinski definition) is 0. The van der Waals surface area contributed by atoms with Crippen LogP contribution in [-0.4, -0.2) is 26.7 Å². The van der Waals surface area contributed by atoms with Crippen LogP contribution in [0.25, 0.3) is 11.2 Å². The van der Waals surface area contributed by atoms with Gasteiger partial charge in [-0.1, -0.05) is 0 Å². The molecule has 3 heterocycles. The van der Waals surface area contributed by atoms with Crippen molar-refractivity contribution in [2.24, 2.45) is 0 Å². The lowest BCUT2D eigenvalue weighted by molar-refractivity contribution is 0.00638. The Morgan fingerprint density at radius 1 is 1.55 bits per heavy atom. The fourth-order valence-electron chi connectivity index (χ4n) is 2.88. The second-order valence-corrected chi connectivity index (χ2v) is 6.58. The topological polar surface area (TPSA) is 39.9 Å². The summed E-state index contributed by atoms with van der Waals surface area (Å²) in [5, 5.41) is -0.144. The van der Waals surface area contributed by atoms with E-state index in [-0.39, 0.29) is 11.0 Å². The average Bonchev–Trinajstić information content (AvgIpc) is 2.94. The van der Waals surface area contributed by atoms with Crippen molar-refractivity contribution in [2.45, 2.75) is 51.1 Å². The molecule has 1 aliphatic rings. The first-order valence-corrected chi connectivity index (χ1v) is 7.53. The van der Waals surface area contributed by atoms with Crippen molar-refractivity contribution in [1.82, 2.24) is 14.5 Å². The number of halogens is 1. The Kier molecular flexibility index (Phi) is 3.46. The third-order valence-electron chi connectivity index (χ3n) is 3.90. The van der Waals surface area contributed by atoms with E-state index in [9.17, 15) is 0 Å². The smallest absolute Gasteiger partial charge is 0.160 e. The minimum absolute atomic E-state index is 0.138. The van der Waals surface area contributed by atoms with E-state index in [1.165, 1.54) is 0 Å². The zero-order chi connectivity index (χ0) is 14.3. The minimum Gasteiger partial charge on any atom is -0.373 e. The number of ether oxygens (including phenoxy) is 1. The molecule has 0 aromatic carbocycles. The highest BCUT2D eigenvalue weighted by molar-refractivity contribution is 6.20. The molecule has 0 amide bonds. The average molecular weight is 294 g/mol. The highest BCUT2D eigenvalue weighted by atomic mass is 35.5. The minimum atomic E-state index is -0.144. The van der Waals surface area contributed by atoms with Crippen LogP contribution < -0.4 is 0 Å². The molecule has 0 bridgehead atoms. The molecule has 2 unspecified atom stereocenters. The van der Waals surface area contributed by atoms with Gasteiger partial charge in [0.2, 0.25) is 0 Å². The van der Waals surface area contributed by atoms with Crippen LogP contribution in [0.1, 0.15) is 43.5 Å². The lowest BCUT2D eigenvalue weighted by atomic mass is 10.0. The predicted octanol–water partition coefficient (Wildman–Crippen LogP) is 3.61. The predicted molar refractivity (Wildman–Crippen MR) is 80.1 cm³/mol. The molecule has 3 rings (SSSR count). The van der Waals surface area contributed by atoms with Crippen molar-refractivity contribution in [3.8, 4) is 0 Å². The van der Waals surface area contributed by atoms with Crippen LogP contribution in [0.2, 0.25) is 0 Å². The molecular weight excluding hydrogens is 274 g/mol. The Hall–Kier alpha value is -1.13. The molecule has 2 aromatic rings. The Labute approximate surface area is 124 Å². The Morgan fingerprint density at radius 3 is 3.00 bits per heavy atom. The molecule has 2 aromatic heterocycles. The van der Waals surface area contributed by atoms with Crippen molar-refractivity contribution >= 4 is 22.8 Å². The second-order valence-electron chi connectivity index (χ2n) is 5.93. The number of alkyl halides is 1. The van der Waals surface area contributed by atoms with E-state index in [2.05, 4.69) is 27.5 Å². The summed E-state index contributed by atoms with van der Waals surface area (Å²) in [6.07, 6.45) is 4.05. The van der Waals surface area contributed by atoms with Gasteiger partial charge in [-0.3, -0.25) is 0 Å². The lowest BCUT2D eigenvalue weighted by Crippen LogP contribution is -2.30. The fourth-order valence-corrected chi connectivity index (χ4v) is 3.05. The quantitative estimate of drug-likeness (QED) is 0.812. The van der Waals surface area contributed by atoms with Gasteiger partial charge in [0.1, 0.15) is 11.3 Å². The van der Waals surface area contributed by atoms with E-state index in [4.69, 9.17) is 16.3 Å². The van der Waals surface area contributed by atoms with E-state index in [0.717, 1.165) is 48.5 Å². The number of hydrogen-bond acceptors (Lipinski definition) is 3. The summed E-state index contributed by atoms with van der Waals surface area (Å²) in [5.41, 5.74) is 2.78. The highest BCUT2D eigenvalue weighted by Crippen LogP contribution is 2.31. The van der Waals surface area contributed by atoms with Gasteiger partial charge in [-0.15, -0.1) is 11.6 Å². The van der Waals surface area contributed by atoms with Crippen LogP contribution >= 0.6 is 11.6 Å². The van der Waals surface area contributed by atoms with Crippen LogP contribution in [-0.2, 0) is 11.3 Å². The molecule has 1 fully saturated rings. The van der Waals surface area contributed by atoms with Gasteiger partial charge in [0.15, 0.2) is 5.65 Å². The Balaban J connectivity index is 2.09. The second kappa shape index (κ2) is 5.01. The summed E-state index contributed by atoms with van der Waals surface area (Å²) in [6, 6.07) is 2.06. The lowest BCUT2D eigenvalue weighted by Gasteiger charge is -2.25. The maximum absolute atomic E-state index is 6.30. The van der Waals surface area contributed by atoms with E-state index in [1.807, 2.05) is 20.0 Å². The van der Waals surface area contributed by atoms with Crippen molar-refractivity contribution in [1.29, 1.82) is 0 Å². The number of imidazole rings is 1. The third kappa shape index (κ3) is 2.42. The molecule has 5 heteroatoms. The van der Waals surface area contributed by atoms with Gasteiger partial charge in [-0.05, 0) is 45.2 Å². The van der Waals surface area contributed by atoms with Gasteiger partial charge in [-0.2, -0.15) is 0 Å². The number of aromatic nitrogens is 3. The summed E-state index contributed by atoms with van der Waals surface area (Å²) in [5.74, 6) is 0.872. The maximum Gasteiger partial charge on any atom is 0.160 e.